The number of nitriles is 1. The molecule has 0 saturated carbocycles. The van der Waals surface area contributed by atoms with Crippen molar-refractivity contribution in [3.63, 3.8) is 0 Å². The largest absolute Gasteiger partial charge is 0.334 e. The lowest BCUT2D eigenvalue weighted by Crippen LogP contribution is -2.02. The fraction of sp³-hybridized carbons (Fsp3) is 0.826. The molecule has 1 rings (SSSR count). The number of aryl methyl sites for hydroxylation is 2. The first-order valence-electron chi connectivity index (χ1n) is 11.3. The lowest BCUT2D eigenvalue weighted by atomic mass is 10.0. The number of nitrogens with zero attached hydrogens (tertiary/aromatic N) is 3. The summed E-state index contributed by atoms with van der Waals surface area (Å²) in [7, 11) is 0. The maximum atomic E-state index is 8.69. The Kier molecular flexibility index (Phi) is 15.0. The van der Waals surface area contributed by atoms with Crippen molar-refractivity contribution in [2.75, 3.05) is 0 Å². The van der Waals surface area contributed by atoms with E-state index in [1.165, 1.54) is 96.3 Å². The number of unbranched alkanes of at least 4 members (excludes halogenated alkanes) is 14. The van der Waals surface area contributed by atoms with Crippen molar-refractivity contribution < 1.29 is 0 Å². The van der Waals surface area contributed by atoms with E-state index >= 15 is 0 Å². The van der Waals surface area contributed by atoms with Crippen molar-refractivity contribution in [2.45, 2.75) is 123 Å². The van der Waals surface area contributed by atoms with E-state index in [4.69, 9.17) is 5.26 Å². The summed E-state index contributed by atoms with van der Waals surface area (Å²) in [6.07, 6.45) is 26.5. The Hall–Kier alpha value is -1.30. The minimum absolute atomic E-state index is 0.572. The van der Waals surface area contributed by atoms with Gasteiger partial charge in [0.1, 0.15) is 5.82 Å². The molecule has 3 heteroatoms. The Morgan fingerprint density at radius 2 is 1.31 bits per heavy atom. The molecule has 26 heavy (non-hydrogen) atoms. The number of rotatable bonds is 18. The fourth-order valence-corrected chi connectivity index (χ4v) is 3.60. The van der Waals surface area contributed by atoms with Gasteiger partial charge < -0.3 is 4.57 Å². The summed E-state index contributed by atoms with van der Waals surface area (Å²) in [6.45, 7) is 3.07. The van der Waals surface area contributed by atoms with Crippen LogP contribution in [-0.4, -0.2) is 9.55 Å². The Bertz CT molecular complexity index is 458. The molecule has 0 aliphatic rings. The van der Waals surface area contributed by atoms with Crippen molar-refractivity contribution in [2.24, 2.45) is 0 Å². The van der Waals surface area contributed by atoms with Gasteiger partial charge in [-0.2, -0.15) is 5.26 Å². The second kappa shape index (κ2) is 17.1. The van der Waals surface area contributed by atoms with Gasteiger partial charge in [0.25, 0.3) is 0 Å². The third-order valence-corrected chi connectivity index (χ3v) is 5.27. The van der Waals surface area contributed by atoms with E-state index in [-0.39, 0.29) is 0 Å². The summed E-state index contributed by atoms with van der Waals surface area (Å²) in [5, 5.41) is 8.69. The van der Waals surface area contributed by atoms with Gasteiger partial charge in [0.2, 0.25) is 0 Å². The van der Waals surface area contributed by atoms with Gasteiger partial charge in [-0.3, -0.25) is 0 Å². The minimum atomic E-state index is 0.572. The normalized spacial score (nSPS) is 10.9. The molecule has 1 aromatic rings. The quantitative estimate of drug-likeness (QED) is 0.260. The second-order valence-electron chi connectivity index (χ2n) is 7.64. The third-order valence-electron chi connectivity index (χ3n) is 5.27. The van der Waals surface area contributed by atoms with Crippen LogP contribution in [-0.2, 0) is 13.0 Å². The molecule has 0 N–H and O–H groups in total. The highest BCUT2D eigenvalue weighted by Crippen LogP contribution is 2.14. The van der Waals surface area contributed by atoms with Gasteiger partial charge in [-0.25, -0.2) is 4.98 Å². The summed E-state index contributed by atoms with van der Waals surface area (Å²) in [6, 6.07) is 2.21. The molecule has 1 heterocycles. The monoisotopic (exact) mass is 359 g/mol. The Morgan fingerprint density at radius 1 is 0.808 bits per heavy atom. The Balaban J connectivity index is 1.83. The van der Waals surface area contributed by atoms with Crippen molar-refractivity contribution in [1.29, 1.82) is 5.26 Å². The topological polar surface area (TPSA) is 41.6 Å². The lowest BCUT2D eigenvalue weighted by molar-refractivity contribution is 0.530. The molecule has 0 aromatic carbocycles. The van der Waals surface area contributed by atoms with E-state index in [1.807, 2.05) is 12.4 Å². The summed E-state index contributed by atoms with van der Waals surface area (Å²) in [5.74, 6) is 1.15. The van der Waals surface area contributed by atoms with Crippen LogP contribution in [0.5, 0.6) is 0 Å². The predicted octanol–water partition coefficient (Wildman–Crippen LogP) is 7.21. The maximum Gasteiger partial charge on any atom is 0.108 e. The summed E-state index contributed by atoms with van der Waals surface area (Å²) in [4.78, 5) is 4.43. The molecule has 148 valence electrons. The fourth-order valence-electron chi connectivity index (χ4n) is 3.60. The van der Waals surface area contributed by atoms with Gasteiger partial charge in [-0.05, 0) is 6.42 Å². The Labute approximate surface area is 162 Å². The smallest absolute Gasteiger partial charge is 0.108 e. The van der Waals surface area contributed by atoms with E-state index in [2.05, 4.69) is 22.5 Å². The summed E-state index contributed by atoms with van der Waals surface area (Å²) in [5.41, 5.74) is 0. The lowest BCUT2D eigenvalue weighted by Gasteiger charge is -2.06. The van der Waals surface area contributed by atoms with Gasteiger partial charge in [0.15, 0.2) is 0 Å². The molecular formula is C23H41N3. The molecule has 0 unspecified atom stereocenters. The molecule has 0 radical (unpaired) electrons. The van der Waals surface area contributed by atoms with E-state index in [0.29, 0.717) is 6.42 Å². The highest BCUT2D eigenvalue weighted by molar-refractivity contribution is 4.93. The SMILES string of the molecule is CCCCCCCCCCCCCCCCCc1nccn1CCC#N. The molecule has 0 saturated heterocycles. The van der Waals surface area contributed by atoms with Gasteiger partial charge >= 0.3 is 0 Å². The van der Waals surface area contributed by atoms with Crippen molar-refractivity contribution in [1.82, 2.24) is 9.55 Å². The third kappa shape index (κ3) is 12.1. The van der Waals surface area contributed by atoms with Crippen LogP contribution in [0.15, 0.2) is 12.4 Å². The van der Waals surface area contributed by atoms with Crippen LogP contribution in [0.1, 0.15) is 115 Å². The average Bonchev–Trinajstić information content (AvgIpc) is 3.10. The molecule has 0 bridgehead atoms. The van der Waals surface area contributed by atoms with E-state index in [9.17, 15) is 0 Å². The predicted molar refractivity (Wildman–Crippen MR) is 111 cm³/mol. The van der Waals surface area contributed by atoms with Crippen molar-refractivity contribution in [3.8, 4) is 6.07 Å². The van der Waals surface area contributed by atoms with Gasteiger partial charge in [-0.15, -0.1) is 0 Å². The minimum Gasteiger partial charge on any atom is -0.334 e. The van der Waals surface area contributed by atoms with E-state index < -0.39 is 0 Å². The molecular weight excluding hydrogens is 318 g/mol. The molecule has 3 nitrogen and oxygen atoms in total. The van der Waals surface area contributed by atoms with Gasteiger partial charge in [-0.1, -0.05) is 96.8 Å². The molecule has 0 amide bonds. The maximum absolute atomic E-state index is 8.69. The number of hydrogen-bond donors (Lipinski definition) is 0. The highest BCUT2D eigenvalue weighted by atomic mass is 15.1. The summed E-state index contributed by atoms with van der Waals surface area (Å²) < 4.78 is 2.13. The zero-order chi connectivity index (χ0) is 18.7. The van der Waals surface area contributed by atoms with Crippen LogP contribution < -0.4 is 0 Å². The molecule has 0 atom stereocenters. The first-order valence-corrected chi connectivity index (χ1v) is 11.3. The van der Waals surface area contributed by atoms with E-state index in [0.717, 1.165) is 18.8 Å². The Morgan fingerprint density at radius 3 is 1.81 bits per heavy atom. The zero-order valence-corrected chi connectivity index (χ0v) is 17.2. The summed E-state index contributed by atoms with van der Waals surface area (Å²) >= 11 is 0. The molecule has 0 aliphatic heterocycles. The van der Waals surface area contributed by atoms with Crippen LogP contribution in [0.3, 0.4) is 0 Å². The van der Waals surface area contributed by atoms with Crippen LogP contribution >= 0.6 is 0 Å². The van der Waals surface area contributed by atoms with Crippen LogP contribution in [0.25, 0.3) is 0 Å². The van der Waals surface area contributed by atoms with Crippen molar-refractivity contribution in [3.05, 3.63) is 18.2 Å². The molecule has 0 spiro atoms. The molecule has 0 aliphatic carbocycles. The first kappa shape index (κ1) is 22.7. The number of aromatic nitrogens is 2. The first-order chi connectivity index (χ1) is 12.9. The molecule has 1 aromatic heterocycles. The van der Waals surface area contributed by atoms with Crippen LogP contribution in [0.4, 0.5) is 0 Å². The van der Waals surface area contributed by atoms with Crippen molar-refractivity contribution >= 4 is 0 Å². The van der Waals surface area contributed by atoms with E-state index in [1.54, 1.807) is 0 Å². The standard InChI is InChI=1S/C23H41N3/c1-2-3-4-5-6-7-8-9-10-11-12-13-14-15-16-18-23-25-20-22-26(23)21-17-19-24/h20,22H,2-18,21H2,1H3. The molecule has 0 fully saturated rings. The second-order valence-corrected chi connectivity index (χ2v) is 7.64. The number of imidazole rings is 1. The van der Waals surface area contributed by atoms with Crippen LogP contribution in [0.2, 0.25) is 0 Å². The average molecular weight is 360 g/mol. The van der Waals surface area contributed by atoms with Crippen LogP contribution in [0, 0.1) is 11.3 Å². The highest BCUT2D eigenvalue weighted by Gasteiger charge is 2.02. The number of hydrogen-bond acceptors (Lipinski definition) is 2. The zero-order valence-electron chi connectivity index (χ0n) is 17.2. The van der Waals surface area contributed by atoms with Gasteiger partial charge in [0.05, 0.1) is 12.5 Å². The van der Waals surface area contributed by atoms with Gasteiger partial charge in [0, 0.05) is 25.4 Å².